The lowest BCUT2D eigenvalue weighted by atomic mass is 10.2. The third-order valence-corrected chi connectivity index (χ3v) is 4.11. The Bertz CT molecular complexity index is 721. The van der Waals surface area contributed by atoms with Gasteiger partial charge in [0.05, 0.1) is 10.7 Å². The number of halogens is 3. The summed E-state index contributed by atoms with van der Waals surface area (Å²) >= 11 is 1.58. The van der Waals surface area contributed by atoms with Crippen LogP contribution in [0.25, 0.3) is 0 Å². The van der Waals surface area contributed by atoms with E-state index in [1.807, 2.05) is 12.3 Å². The fourth-order valence-electron chi connectivity index (χ4n) is 2.14. The molecule has 0 amide bonds. The number of guanidine groups is 1. The summed E-state index contributed by atoms with van der Waals surface area (Å²) in [6, 6.07) is 3.81. The highest BCUT2D eigenvalue weighted by Gasteiger charge is 2.14. The molecule has 0 fully saturated rings. The number of nitrogens with one attached hydrogen (secondary N) is 2. The molecule has 0 saturated heterocycles. The molecule has 0 unspecified atom stereocenters. The van der Waals surface area contributed by atoms with Crippen molar-refractivity contribution in [2.24, 2.45) is 4.99 Å². The van der Waals surface area contributed by atoms with Crippen LogP contribution in [0.5, 0.6) is 5.75 Å². The highest BCUT2D eigenvalue weighted by molar-refractivity contribution is 7.09. The quantitative estimate of drug-likeness (QED) is 0.579. The Morgan fingerprint density at radius 2 is 2.16 bits per heavy atom. The number of rotatable bonds is 7. The van der Waals surface area contributed by atoms with Gasteiger partial charge in [-0.15, -0.1) is 11.3 Å². The van der Waals surface area contributed by atoms with Gasteiger partial charge < -0.3 is 15.4 Å². The van der Waals surface area contributed by atoms with Crippen molar-refractivity contribution in [2.45, 2.75) is 26.5 Å². The summed E-state index contributed by atoms with van der Waals surface area (Å²) in [5, 5.41) is 8.95. The van der Waals surface area contributed by atoms with Gasteiger partial charge in [0.2, 0.25) is 0 Å². The fraction of sp³-hybridized carbons (Fsp3) is 0.375. The van der Waals surface area contributed by atoms with Gasteiger partial charge in [0, 0.05) is 37.5 Å². The Labute approximate surface area is 148 Å². The maximum Gasteiger partial charge on any atom is 0.387 e. The van der Waals surface area contributed by atoms with Gasteiger partial charge in [0.15, 0.2) is 5.96 Å². The molecule has 2 N–H and O–H groups in total. The van der Waals surface area contributed by atoms with Gasteiger partial charge in [-0.2, -0.15) is 8.78 Å². The third kappa shape index (κ3) is 5.93. The van der Waals surface area contributed by atoms with Crippen molar-refractivity contribution in [3.63, 3.8) is 0 Å². The van der Waals surface area contributed by atoms with Crippen LogP contribution in [0.1, 0.15) is 16.3 Å². The molecule has 0 atom stereocenters. The predicted molar refractivity (Wildman–Crippen MR) is 91.8 cm³/mol. The van der Waals surface area contributed by atoms with Gasteiger partial charge in [-0.3, -0.25) is 4.99 Å². The monoisotopic (exact) mass is 372 g/mol. The van der Waals surface area contributed by atoms with E-state index in [1.165, 1.54) is 18.2 Å². The Morgan fingerprint density at radius 1 is 1.36 bits per heavy atom. The maximum absolute atomic E-state index is 13.9. The van der Waals surface area contributed by atoms with Crippen LogP contribution in [0.4, 0.5) is 13.2 Å². The lowest BCUT2D eigenvalue weighted by Crippen LogP contribution is -2.38. The highest BCUT2D eigenvalue weighted by atomic mass is 32.1. The SMILES string of the molecule is CN=C(NCCc1csc(C)n1)NCc1c(F)cccc1OC(F)F. The molecule has 0 aliphatic rings. The first kappa shape index (κ1) is 19.0. The Balaban J connectivity index is 1.90. The minimum absolute atomic E-state index is 0.0147. The summed E-state index contributed by atoms with van der Waals surface area (Å²) in [7, 11) is 1.57. The molecule has 0 radical (unpaired) electrons. The molecule has 0 bridgehead atoms. The minimum Gasteiger partial charge on any atom is -0.434 e. The molecular weight excluding hydrogens is 353 g/mol. The molecule has 0 saturated carbocycles. The molecule has 25 heavy (non-hydrogen) atoms. The lowest BCUT2D eigenvalue weighted by molar-refractivity contribution is -0.0506. The summed E-state index contributed by atoms with van der Waals surface area (Å²) in [4.78, 5) is 8.38. The van der Waals surface area contributed by atoms with E-state index < -0.39 is 12.4 Å². The maximum atomic E-state index is 13.9. The second-order valence-corrected chi connectivity index (χ2v) is 6.12. The fourth-order valence-corrected chi connectivity index (χ4v) is 2.79. The number of aryl methyl sites for hydroxylation is 1. The number of alkyl halides is 2. The van der Waals surface area contributed by atoms with Gasteiger partial charge in [-0.05, 0) is 19.1 Å². The van der Waals surface area contributed by atoms with Crippen molar-refractivity contribution >= 4 is 17.3 Å². The second-order valence-electron chi connectivity index (χ2n) is 5.06. The summed E-state index contributed by atoms with van der Waals surface area (Å²) in [6.45, 7) is -0.528. The van der Waals surface area contributed by atoms with Crippen LogP contribution in [0.3, 0.4) is 0 Å². The van der Waals surface area contributed by atoms with Crippen LogP contribution in [0.15, 0.2) is 28.6 Å². The zero-order chi connectivity index (χ0) is 18.2. The predicted octanol–water partition coefficient (Wildman–Crippen LogP) is 3.10. The van der Waals surface area contributed by atoms with E-state index in [2.05, 4.69) is 25.3 Å². The van der Waals surface area contributed by atoms with Crippen LogP contribution in [0.2, 0.25) is 0 Å². The number of aromatic nitrogens is 1. The first-order valence-electron chi connectivity index (χ1n) is 7.57. The van der Waals surface area contributed by atoms with Crippen LogP contribution >= 0.6 is 11.3 Å². The van der Waals surface area contributed by atoms with Gasteiger partial charge in [0.1, 0.15) is 11.6 Å². The number of aliphatic imine (C=N–C) groups is 1. The van der Waals surface area contributed by atoms with E-state index in [9.17, 15) is 13.2 Å². The number of hydrogen-bond acceptors (Lipinski definition) is 4. The first-order chi connectivity index (χ1) is 12.0. The van der Waals surface area contributed by atoms with E-state index in [4.69, 9.17) is 0 Å². The summed E-state index contributed by atoms with van der Waals surface area (Å²) < 4.78 is 43.1. The molecule has 9 heteroatoms. The number of thiazole rings is 1. The van der Waals surface area contributed by atoms with Crippen molar-refractivity contribution in [3.05, 3.63) is 45.7 Å². The van der Waals surface area contributed by atoms with E-state index in [1.54, 1.807) is 18.4 Å². The lowest BCUT2D eigenvalue weighted by Gasteiger charge is -2.15. The Hall–Kier alpha value is -2.29. The van der Waals surface area contributed by atoms with Crippen LogP contribution < -0.4 is 15.4 Å². The third-order valence-electron chi connectivity index (χ3n) is 3.29. The van der Waals surface area contributed by atoms with Gasteiger partial charge in [-0.25, -0.2) is 9.37 Å². The summed E-state index contributed by atoms with van der Waals surface area (Å²) in [6.07, 6.45) is 0.713. The molecule has 2 aromatic rings. The van der Waals surface area contributed by atoms with Crippen molar-refractivity contribution < 1.29 is 17.9 Å². The zero-order valence-corrected chi connectivity index (χ0v) is 14.7. The molecule has 5 nitrogen and oxygen atoms in total. The number of benzene rings is 1. The molecule has 0 aliphatic carbocycles. The molecule has 2 rings (SSSR count). The molecule has 1 aromatic heterocycles. The number of hydrogen-bond donors (Lipinski definition) is 2. The van der Waals surface area contributed by atoms with E-state index in [0.717, 1.165) is 10.7 Å². The number of nitrogens with zero attached hydrogens (tertiary/aromatic N) is 2. The summed E-state index contributed by atoms with van der Waals surface area (Å²) in [5.41, 5.74) is 0.994. The molecule has 1 heterocycles. The molecule has 0 spiro atoms. The zero-order valence-electron chi connectivity index (χ0n) is 13.9. The van der Waals surface area contributed by atoms with Crippen LogP contribution in [0, 0.1) is 12.7 Å². The normalized spacial score (nSPS) is 11.7. The standard InChI is InChI=1S/C16H19F3N4OS/c1-10-23-11(9-25-10)6-7-21-16(20-2)22-8-12-13(17)4-3-5-14(12)24-15(18)19/h3-5,9,15H,6-8H2,1-2H3,(H2,20,21,22). The van der Waals surface area contributed by atoms with Crippen LogP contribution in [-0.2, 0) is 13.0 Å². The Kier molecular flexibility index (Phi) is 7.05. The molecule has 0 aliphatic heterocycles. The van der Waals surface area contributed by atoms with Crippen molar-refractivity contribution in [2.75, 3.05) is 13.6 Å². The average molecular weight is 372 g/mol. The van der Waals surface area contributed by atoms with Gasteiger partial charge >= 0.3 is 6.61 Å². The Morgan fingerprint density at radius 3 is 2.80 bits per heavy atom. The minimum atomic E-state index is -3.01. The average Bonchev–Trinajstić information content (AvgIpc) is 2.97. The van der Waals surface area contributed by atoms with E-state index in [-0.39, 0.29) is 17.9 Å². The van der Waals surface area contributed by atoms with Gasteiger partial charge in [0.25, 0.3) is 0 Å². The van der Waals surface area contributed by atoms with Crippen molar-refractivity contribution in [1.29, 1.82) is 0 Å². The van der Waals surface area contributed by atoms with Crippen molar-refractivity contribution in [1.82, 2.24) is 15.6 Å². The molecular formula is C16H19F3N4OS. The highest BCUT2D eigenvalue weighted by Crippen LogP contribution is 2.23. The molecule has 1 aromatic carbocycles. The summed E-state index contributed by atoms with van der Waals surface area (Å²) in [5.74, 6) is -0.395. The topological polar surface area (TPSA) is 58.5 Å². The van der Waals surface area contributed by atoms with E-state index >= 15 is 0 Å². The largest absolute Gasteiger partial charge is 0.434 e. The van der Waals surface area contributed by atoms with Crippen LogP contribution in [-0.4, -0.2) is 31.1 Å². The first-order valence-corrected chi connectivity index (χ1v) is 8.45. The number of ether oxygens (including phenoxy) is 1. The smallest absolute Gasteiger partial charge is 0.387 e. The van der Waals surface area contributed by atoms with Gasteiger partial charge in [-0.1, -0.05) is 6.07 Å². The van der Waals surface area contributed by atoms with Crippen molar-refractivity contribution in [3.8, 4) is 5.75 Å². The molecule has 136 valence electrons. The van der Waals surface area contributed by atoms with E-state index in [0.29, 0.717) is 18.9 Å². The second kappa shape index (κ2) is 9.26.